The largest absolute Gasteiger partial charge is 0.379 e. The van der Waals surface area contributed by atoms with E-state index < -0.39 is 37.3 Å². The third-order valence-electron chi connectivity index (χ3n) is 8.11. The molecule has 10 heteroatoms. The summed E-state index contributed by atoms with van der Waals surface area (Å²) in [4.78, 5) is -0.614. The molecular formula is C37H24F2O6S2. The van der Waals surface area contributed by atoms with Crippen LogP contribution in [-0.2, 0) is 25.7 Å². The van der Waals surface area contributed by atoms with Crippen LogP contribution in [0.1, 0.15) is 22.3 Å². The Hall–Kier alpha value is -5.32. The van der Waals surface area contributed by atoms with Crippen LogP contribution in [0.5, 0.6) is 11.5 Å². The molecule has 0 aliphatic heterocycles. The van der Waals surface area contributed by atoms with Gasteiger partial charge in [-0.1, -0.05) is 84.9 Å². The van der Waals surface area contributed by atoms with Crippen molar-refractivity contribution in [2.75, 3.05) is 0 Å². The first-order valence-electron chi connectivity index (χ1n) is 14.4. The van der Waals surface area contributed by atoms with Crippen molar-refractivity contribution in [2.45, 2.75) is 15.2 Å². The molecule has 0 heterocycles. The molecule has 6 aromatic rings. The Morgan fingerprint density at radius 2 is 0.830 bits per heavy atom. The SMILES string of the molecule is O=S(=O)(Oc1ccc(C2(c3ccc(OS(=O)(=O)c4cccc(F)c4)cc3)c3ccccc3-c3ccccc32)cc1)c1cccc(F)c1. The van der Waals surface area contributed by atoms with Gasteiger partial charge in [0.05, 0.1) is 5.41 Å². The first kappa shape index (κ1) is 30.3. The molecule has 0 atom stereocenters. The smallest absolute Gasteiger partial charge is 0.339 e. The molecule has 0 unspecified atom stereocenters. The first-order valence-corrected chi connectivity index (χ1v) is 17.2. The summed E-state index contributed by atoms with van der Waals surface area (Å²) in [7, 11) is -8.60. The van der Waals surface area contributed by atoms with Gasteiger partial charge in [-0.3, -0.25) is 0 Å². The number of benzene rings is 6. The molecule has 0 amide bonds. The third kappa shape index (κ3) is 5.35. The van der Waals surface area contributed by atoms with Gasteiger partial charge >= 0.3 is 20.2 Å². The van der Waals surface area contributed by atoms with Crippen molar-refractivity contribution in [1.29, 1.82) is 0 Å². The average Bonchev–Trinajstić information content (AvgIpc) is 3.36. The number of rotatable bonds is 8. The summed E-state index contributed by atoms with van der Waals surface area (Å²) in [6, 6.07) is 38.3. The lowest BCUT2D eigenvalue weighted by Crippen LogP contribution is -2.28. The van der Waals surface area contributed by atoms with Gasteiger partial charge in [-0.05, 0) is 94.0 Å². The Kier molecular flexibility index (Phi) is 7.41. The van der Waals surface area contributed by atoms with E-state index in [9.17, 15) is 25.6 Å². The summed E-state index contributed by atoms with van der Waals surface area (Å²) in [6.45, 7) is 0. The standard InChI is InChI=1S/C37H24F2O6S2/c38-27-7-5-9-31(23-27)46(40,41)44-29-19-15-25(16-20-29)37(35-13-3-1-11-33(35)34-12-2-4-14-36(34)37)26-17-21-30(22-18-26)45-47(42,43)32-10-6-8-28(39)24-32/h1-24H. The Labute approximate surface area is 270 Å². The molecule has 0 spiro atoms. The van der Waals surface area contributed by atoms with E-state index in [1.165, 1.54) is 24.3 Å². The lowest BCUT2D eigenvalue weighted by molar-refractivity contribution is 0.483. The second kappa shape index (κ2) is 11.5. The van der Waals surface area contributed by atoms with Gasteiger partial charge in [0, 0.05) is 0 Å². The summed E-state index contributed by atoms with van der Waals surface area (Å²) < 4.78 is 89.7. The van der Waals surface area contributed by atoms with Gasteiger partial charge in [0.15, 0.2) is 0 Å². The molecule has 7 rings (SSSR count). The average molecular weight is 667 g/mol. The van der Waals surface area contributed by atoms with Gasteiger partial charge in [-0.15, -0.1) is 0 Å². The number of halogens is 2. The maximum absolute atomic E-state index is 13.7. The minimum atomic E-state index is -4.30. The first-order chi connectivity index (χ1) is 22.6. The quantitative estimate of drug-likeness (QED) is 0.154. The molecule has 0 aromatic heterocycles. The zero-order chi connectivity index (χ0) is 32.8. The second-order valence-corrected chi connectivity index (χ2v) is 14.0. The van der Waals surface area contributed by atoms with E-state index in [0.29, 0.717) is 0 Å². The van der Waals surface area contributed by atoms with Gasteiger partial charge < -0.3 is 8.37 Å². The maximum Gasteiger partial charge on any atom is 0.339 e. The van der Waals surface area contributed by atoms with Gasteiger partial charge in [-0.25, -0.2) is 8.78 Å². The number of fused-ring (bicyclic) bond motifs is 3. The molecule has 0 fully saturated rings. The fourth-order valence-electron chi connectivity index (χ4n) is 6.14. The lowest BCUT2D eigenvalue weighted by atomic mass is 9.68. The van der Waals surface area contributed by atoms with Crippen LogP contribution in [0.2, 0.25) is 0 Å². The van der Waals surface area contributed by atoms with Crippen LogP contribution in [0, 0.1) is 11.6 Å². The van der Waals surface area contributed by atoms with Crippen LogP contribution in [0.15, 0.2) is 155 Å². The van der Waals surface area contributed by atoms with Crippen molar-refractivity contribution >= 4 is 20.2 Å². The highest BCUT2D eigenvalue weighted by molar-refractivity contribution is 7.87. The van der Waals surface area contributed by atoms with Crippen LogP contribution in [0.25, 0.3) is 11.1 Å². The predicted molar refractivity (Wildman–Crippen MR) is 172 cm³/mol. The Bertz CT molecular complexity index is 2190. The molecule has 0 radical (unpaired) electrons. The van der Waals surface area contributed by atoms with Crippen LogP contribution >= 0.6 is 0 Å². The summed E-state index contributed by atoms with van der Waals surface area (Å²) in [5.74, 6) is -1.32. The van der Waals surface area contributed by atoms with Crippen molar-refractivity contribution in [2.24, 2.45) is 0 Å². The van der Waals surface area contributed by atoms with Crippen LogP contribution in [0.3, 0.4) is 0 Å². The number of hydrogen-bond donors (Lipinski definition) is 0. The number of hydrogen-bond acceptors (Lipinski definition) is 6. The van der Waals surface area contributed by atoms with Gasteiger partial charge in [0.2, 0.25) is 0 Å². The van der Waals surface area contributed by atoms with E-state index >= 15 is 0 Å². The zero-order valence-electron chi connectivity index (χ0n) is 24.4. The molecule has 0 N–H and O–H groups in total. The maximum atomic E-state index is 13.7. The summed E-state index contributed by atoms with van der Waals surface area (Å²) in [6.07, 6.45) is 0. The fraction of sp³-hybridized carbons (Fsp3) is 0.0270. The Morgan fingerprint density at radius 3 is 1.21 bits per heavy atom. The Morgan fingerprint density at radius 1 is 0.447 bits per heavy atom. The molecule has 0 saturated heterocycles. The van der Waals surface area contributed by atoms with E-state index in [-0.39, 0.29) is 21.3 Å². The molecule has 234 valence electrons. The van der Waals surface area contributed by atoms with E-state index in [4.69, 9.17) is 8.37 Å². The van der Waals surface area contributed by atoms with E-state index in [0.717, 1.165) is 57.6 Å². The molecule has 6 aromatic carbocycles. The molecule has 0 bridgehead atoms. The molecule has 1 aliphatic carbocycles. The monoisotopic (exact) mass is 666 g/mol. The van der Waals surface area contributed by atoms with E-state index in [1.54, 1.807) is 48.5 Å². The van der Waals surface area contributed by atoms with Crippen LogP contribution in [-0.4, -0.2) is 16.8 Å². The van der Waals surface area contributed by atoms with Crippen molar-refractivity contribution in [3.05, 3.63) is 179 Å². The molecule has 1 aliphatic rings. The van der Waals surface area contributed by atoms with Crippen molar-refractivity contribution < 1.29 is 34.0 Å². The van der Waals surface area contributed by atoms with E-state index in [2.05, 4.69) is 0 Å². The molecule has 6 nitrogen and oxygen atoms in total. The van der Waals surface area contributed by atoms with Gasteiger partial charge in [0.25, 0.3) is 0 Å². The molecule has 47 heavy (non-hydrogen) atoms. The highest BCUT2D eigenvalue weighted by Gasteiger charge is 2.46. The molecular weight excluding hydrogens is 643 g/mol. The van der Waals surface area contributed by atoms with Crippen molar-refractivity contribution in [3.63, 3.8) is 0 Å². The zero-order valence-corrected chi connectivity index (χ0v) is 26.0. The van der Waals surface area contributed by atoms with Crippen LogP contribution < -0.4 is 8.37 Å². The highest BCUT2D eigenvalue weighted by atomic mass is 32.2. The normalized spacial score (nSPS) is 13.4. The summed E-state index contributed by atoms with van der Waals surface area (Å²) >= 11 is 0. The van der Waals surface area contributed by atoms with Gasteiger partial charge in [-0.2, -0.15) is 16.8 Å². The lowest BCUT2D eigenvalue weighted by Gasteiger charge is -2.34. The minimum absolute atomic E-state index is 0.0408. The fourth-order valence-corrected chi connectivity index (χ4v) is 8.07. The summed E-state index contributed by atoms with van der Waals surface area (Å²) in [5, 5.41) is 0. The van der Waals surface area contributed by atoms with Crippen LogP contribution in [0.4, 0.5) is 8.78 Å². The molecule has 0 saturated carbocycles. The van der Waals surface area contributed by atoms with Crippen molar-refractivity contribution in [3.8, 4) is 22.6 Å². The Balaban J connectivity index is 1.32. The van der Waals surface area contributed by atoms with E-state index in [1.807, 2.05) is 48.5 Å². The predicted octanol–water partition coefficient (Wildman–Crippen LogP) is 7.86. The summed E-state index contributed by atoms with van der Waals surface area (Å²) in [5.41, 5.74) is 4.61. The van der Waals surface area contributed by atoms with Crippen molar-refractivity contribution in [1.82, 2.24) is 0 Å². The van der Waals surface area contributed by atoms with Gasteiger partial charge in [0.1, 0.15) is 32.9 Å². The third-order valence-corrected chi connectivity index (χ3v) is 10.6. The minimum Gasteiger partial charge on any atom is -0.379 e. The topological polar surface area (TPSA) is 86.7 Å². The highest BCUT2D eigenvalue weighted by Crippen LogP contribution is 2.56. The second-order valence-electron chi connectivity index (χ2n) is 10.9.